The number of hydrogen-bond acceptors (Lipinski definition) is 4. The molecule has 0 aromatic rings. The molecule has 0 saturated carbocycles. The summed E-state index contributed by atoms with van der Waals surface area (Å²) in [4.78, 5) is 11.3. The molecule has 0 spiro atoms. The van der Waals surface area contributed by atoms with E-state index in [2.05, 4.69) is 4.74 Å². The standard InChI is InChI=1S/C11H22O4/c1-8(9(12)14-5)11(4,13)7-10(2,3)15-6/h8,13H,7H2,1-6H3. The Balaban J connectivity index is 4.61. The van der Waals surface area contributed by atoms with Gasteiger partial charge in [-0.1, -0.05) is 0 Å². The molecule has 1 N–H and O–H groups in total. The Morgan fingerprint density at radius 1 is 1.33 bits per heavy atom. The molecule has 0 amide bonds. The summed E-state index contributed by atoms with van der Waals surface area (Å²) < 4.78 is 9.83. The van der Waals surface area contributed by atoms with Crippen molar-refractivity contribution in [3.05, 3.63) is 0 Å². The average molecular weight is 218 g/mol. The predicted octanol–water partition coefficient (Wildman–Crippen LogP) is 1.36. The fourth-order valence-electron chi connectivity index (χ4n) is 1.52. The summed E-state index contributed by atoms with van der Waals surface area (Å²) >= 11 is 0. The van der Waals surface area contributed by atoms with Crippen LogP contribution >= 0.6 is 0 Å². The number of methoxy groups -OCH3 is 2. The topological polar surface area (TPSA) is 55.8 Å². The molecule has 0 aliphatic rings. The first-order valence-electron chi connectivity index (χ1n) is 5.01. The van der Waals surface area contributed by atoms with Crippen LogP contribution in [0.4, 0.5) is 0 Å². The van der Waals surface area contributed by atoms with E-state index in [9.17, 15) is 9.90 Å². The molecule has 90 valence electrons. The molecule has 0 heterocycles. The van der Waals surface area contributed by atoms with Crippen LogP contribution in [0, 0.1) is 5.92 Å². The van der Waals surface area contributed by atoms with Gasteiger partial charge >= 0.3 is 5.97 Å². The highest BCUT2D eigenvalue weighted by Gasteiger charge is 2.39. The van der Waals surface area contributed by atoms with E-state index < -0.39 is 23.1 Å². The van der Waals surface area contributed by atoms with Crippen LogP contribution in [0.2, 0.25) is 0 Å². The Morgan fingerprint density at radius 2 is 1.80 bits per heavy atom. The summed E-state index contributed by atoms with van der Waals surface area (Å²) in [5.74, 6) is -0.983. The van der Waals surface area contributed by atoms with Gasteiger partial charge in [-0.2, -0.15) is 0 Å². The maximum absolute atomic E-state index is 11.3. The third kappa shape index (κ3) is 4.18. The third-order valence-corrected chi connectivity index (χ3v) is 2.82. The van der Waals surface area contributed by atoms with Crippen molar-refractivity contribution >= 4 is 5.97 Å². The normalized spacial score (nSPS) is 18.1. The molecule has 4 heteroatoms. The Bertz CT molecular complexity index is 221. The Morgan fingerprint density at radius 3 is 2.13 bits per heavy atom. The van der Waals surface area contributed by atoms with Crippen molar-refractivity contribution in [1.29, 1.82) is 0 Å². The molecule has 0 radical (unpaired) electrons. The lowest BCUT2D eigenvalue weighted by Crippen LogP contribution is -2.44. The SMILES string of the molecule is COC(=O)C(C)C(C)(O)CC(C)(C)OC. The van der Waals surface area contributed by atoms with E-state index in [0.717, 1.165) is 0 Å². The minimum absolute atomic E-state index is 0.368. The van der Waals surface area contributed by atoms with Gasteiger partial charge in [0, 0.05) is 13.5 Å². The molecular formula is C11H22O4. The first-order valence-corrected chi connectivity index (χ1v) is 5.01. The molecule has 0 aliphatic carbocycles. The number of esters is 1. The highest BCUT2D eigenvalue weighted by molar-refractivity contribution is 5.73. The van der Waals surface area contributed by atoms with Gasteiger partial charge in [0.25, 0.3) is 0 Å². The van der Waals surface area contributed by atoms with Crippen LogP contribution < -0.4 is 0 Å². The number of rotatable bonds is 5. The lowest BCUT2D eigenvalue weighted by Gasteiger charge is -2.35. The first kappa shape index (κ1) is 14.4. The lowest BCUT2D eigenvalue weighted by molar-refractivity contribution is -0.157. The number of ether oxygens (including phenoxy) is 2. The molecule has 2 unspecified atom stereocenters. The van der Waals surface area contributed by atoms with Crippen molar-refractivity contribution in [3.8, 4) is 0 Å². The van der Waals surface area contributed by atoms with Gasteiger partial charge < -0.3 is 14.6 Å². The summed E-state index contributed by atoms with van der Waals surface area (Å²) in [6, 6.07) is 0. The summed E-state index contributed by atoms with van der Waals surface area (Å²) in [7, 11) is 2.90. The monoisotopic (exact) mass is 218 g/mol. The van der Waals surface area contributed by atoms with Gasteiger partial charge in [0.15, 0.2) is 0 Å². The zero-order chi connectivity index (χ0) is 12.3. The van der Waals surface area contributed by atoms with Crippen LogP contribution in [-0.2, 0) is 14.3 Å². The minimum Gasteiger partial charge on any atom is -0.469 e. The van der Waals surface area contributed by atoms with E-state index >= 15 is 0 Å². The van der Waals surface area contributed by atoms with E-state index in [4.69, 9.17) is 4.74 Å². The fraction of sp³-hybridized carbons (Fsp3) is 0.909. The van der Waals surface area contributed by atoms with Gasteiger partial charge in [-0.25, -0.2) is 0 Å². The number of aliphatic hydroxyl groups is 1. The van der Waals surface area contributed by atoms with Crippen molar-refractivity contribution in [2.24, 2.45) is 5.92 Å². The first-order chi connectivity index (χ1) is 6.66. The molecule has 0 rings (SSSR count). The highest BCUT2D eigenvalue weighted by Crippen LogP contribution is 2.29. The van der Waals surface area contributed by atoms with E-state index in [1.807, 2.05) is 13.8 Å². The van der Waals surface area contributed by atoms with E-state index in [0.29, 0.717) is 6.42 Å². The summed E-state index contributed by atoms with van der Waals surface area (Å²) in [5, 5.41) is 10.2. The molecule has 0 aromatic heterocycles. The number of carbonyl (C=O) groups excluding carboxylic acids is 1. The van der Waals surface area contributed by atoms with Gasteiger partial charge in [0.05, 0.1) is 24.2 Å². The van der Waals surface area contributed by atoms with Gasteiger partial charge in [-0.05, 0) is 27.7 Å². The zero-order valence-electron chi connectivity index (χ0n) is 10.5. The molecule has 0 aromatic carbocycles. The molecule has 2 atom stereocenters. The average Bonchev–Trinajstić information content (AvgIpc) is 2.14. The molecule has 0 bridgehead atoms. The van der Waals surface area contributed by atoms with E-state index in [-0.39, 0.29) is 0 Å². The Hall–Kier alpha value is -0.610. The van der Waals surface area contributed by atoms with Crippen LogP contribution in [0.3, 0.4) is 0 Å². The lowest BCUT2D eigenvalue weighted by atomic mass is 9.81. The van der Waals surface area contributed by atoms with Crippen molar-refractivity contribution in [2.75, 3.05) is 14.2 Å². The molecule has 0 saturated heterocycles. The van der Waals surface area contributed by atoms with E-state index in [1.54, 1.807) is 21.0 Å². The van der Waals surface area contributed by atoms with Gasteiger partial charge in [0.1, 0.15) is 0 Å². The maximum atomic E-state index is 11.3. The predicted molar refractivity (Wildman–Crippen MR) is 57.5 cm³/mol. The van der Waals surface area contributed by atoms with E-state index in [1.165, 1.54) is 7.11 Å². The second-order valence-electron chi connectivity index (χ2n) is 4.74. The fourth-order valence-corrected chi connectivity index (χ4v) is 1.52. The van der Waals surface area contributed by atoms with Crippen molar-refractivity contribution in [1.82, 2.24) is 0 Å². The summed E-state index contributed by atoms with van der Waals surface area (Å²) in [6.45, 7) is 7.00. The summed E-state index contributed by atoms with van der Waals surface area (Å²) in [6.07, 6.45) is 0.368. The quantitative estimate of drug-likeness (QED) is 0.708. The van der Waals surface area contributed by atoms with Gasteiger partial charge in [-0.3, -0.25) is 4.79 Å². The van der Waals surface area contributed by atoms with Crippen molar-refractivity contribution < 1.29 is 19.4 Å². The van der Waals surface area contributed by atoms with Crippen molar-refractivity contribution in [3.63, 3.8) is 0 Å². The van der Waals surface area contributed by atoms with Crippen LogP contribution in [0.1, 0.15) is 34.1 Å². The smallest absolute Gasteiger partial charge is 0.311 e. The minimum atomic E-state index is -1.13. The number of hydrogen-bond donors (Lipinski definition) is 1. The zero-order valence-corrected chi connectivity index (χ0v) is 10.5. The Labute approximate surface area is 91.6 Å². The number of carbonyl (C=O) groups is 1. The molecule has 0 fully saturated rings. The second-order valence-corrected chi connectivity index (χ2v) is 4.74. The van der Waals surface area contributed by atoms with Crippen LogP contribution in [-0.4, -0.2) is 36.5 Å². The van der Waals surface area contributed by atoms with Crippen molar-refractivity contribution in [2.45, 2.75) is 45.3 Å². The van der Waals surface area contributed by atoms with Crippen LogP contribution in [0.5, 0.6) is 0 Å². The Kier molecular flexibility index (Phi) is 4.74. The maximum Gasteiger partial charge on any atom is 0.311 e. The third-order valence-electron chi connectivity index (χ3n) is 2.82. The molecule has 4 nitrogen and oxygen atoms in total. The highest BCUT2D eigenvalue weighted by atomic mass is 16.5. The molecule has 0 aliphatic heterocycles. The molecule has 15 heavy (non-hydrogen) atoms. The second kappa shape index (κ2) is 4.94. The summed E-state index contributed by atoms with van der Waals surface area (Å²) in [5.41, 5.74) is -1.60. The van der Waals surface area contributed by atoms with Crippen LogP contribution in [0.25, 0.3) is 0 Å². The molecular weight excluding hydrogens is 196 g/mol. The van der Waals surface area contributed by atoms with Gasteiger partial charge in [0.2, 0.25) is 0 Å². The van der Waals surface area contributed by atoms with Crippen LogP contribution in [0.15, 0.2) is 0 Å². The van der Waals surface area contributed by atoms with Gasteiger partial charge in [-0.15, -0.1) is 0 Å². The largest absolute Gasteiger partial charge is 0.469 e.